The maximum Gasteiger partial charge on any atom is 0.451 e. The molecule has 2 heterocycles. The molecule has 0 amide bonds. The second-order valence-corrected chi connectivity index (χ2v) is 3.98. The Hall–Kier alpha value is -2.25. The zero-order chi connectivity index (χ0) is 14.6. The van der Waals surface area contributed by atoms with Gasteiger partial charge in [-0.2, -0.15) is 13.2 Å². The number of halogens is 3. The molecule has 0 fully saturated rings. The second-order valence-electron chi connectivity index (χ2n) is 3.98. The SMILES string of the molecule is CCNc1cc(NCc2ccoc2)nc(C(F)(F)F)n1. The molecule has 0 aliphatic rings. The fourth-order valence-corrected chi connectivity index (χ4v) is 1.52. The molecular formula is C12H13F3N4O. The molecule has 0 saturated heterocycles. The molecule has 0 atom stereocenters. The van der Waals surface area contributed by atoms with E-state index in [9.17, 15) is 13.2 Å². The van der Waals surface area contributed by atoms with E-state index >= 15 is 0 Å². The lowest BCUT2D eigenvalue weighted by Gasteiger charge is -2.11. The third-order valence-corrected chi connectivity index (χ3v) is 2.39. The number of alkyl halides is 3. The Morgan fingerprint density at radius 1 is 1.20 bits per heavy atom. The monoisotopic (exact) mass is 286 g/mol. The first-order valence-corrected chi connectivity index (χ1v) is 5.94. The quantitative estimate of drug-likeness (QED) is 0.884. The smallest absolute Gasteiger partial charge is 0.451 e. The highest BCUT2D eigenvalue weighted by atomic mass is 19.4. The van der Waals surface area contributed by atoms with Crippen LogP contribution in [0.1, 0.15) is 18.3 Å². The van der Waals surface area contributed by atoms with Crippen molar-refractivity contribution in [3.63, 3.8) is 0 Å². The van der Waals surface area contributed by atoms with Crippen molar-refractivity contribution in [1.29, 1.82) is 0 Å². The van der Waals surface area contributed by atoms with Crippen molar-refractivity contribution in [1.82, 2.24) is 9.97 Å². The van der Waals surface area contributed by atoms with E-state index in [1.807, 2.05) is 0 Å². The molecule has 0 aliphatic heterocycles. The molecule has 0 aliphatic carbocycles. The van der Waals surface area contributed by atoms with Crippen molar-refractivity contribution < 1.29 is 17.6 Å². The number of nitrogens with one attached hydrogen (secondary N) is 2. The molecule has 0 saturated carbocycles. The summed E-state index contributed by atoms with van der Waals surface area (Å²) in [6.45, 7) is 2.56. The van der Waals surface area contributed by atoms with E-state index in [4.69, 9.17) is 4.42 Å². The largest absolute Gasteiger partial charge is 0.472 e. The first kappa shape index (κ1) is 14.2. The Morgan fingerprint density at radius 3 is 2.45 bits per heavy atom. The van der Waals surface area contributed by atoms with Crippen LogP contribution in [0.25, 0.3) is 0 Å². The number of rotatable bonds is 5. The van der Waals surface area contributed by atoms with E-state index in [-0.39, 0.29) is 11.6 Å². The lowest BCUT2D eigenvalue weighted by atomic mass is 10.3. The van der Waals surface area contributed by atoms with E-state index in [0.717, 1.165) is 5.56 Å². The Bertz CT molecular complexity index is 554. The number of furan rings is 1. The van der Waals surface area contributed by atoms with Crippen molar-refractivity contribution in [2.24, 2.45) is 0 Å². The van der Waals surface area contributed by atoms with Crippen LogP contribution in [-0.2, 0) is 12.7 Å². The van der Waals surface area contributed by atoms with Gasteiger partial charge < -0.3 is 15.1 Å². The summed E-state index contributed by atoms with van der Waals surface area (Å²) in [6.07, 6.45) is -1.59. The molecule has 20 heavy (non-hydrogen) atoms. The average Bonchev–Trinajstić information content (AvgIpc) is 2.88. The van der Waals surface area contributed by atoms with Gasteiger partial charge in [0.25, 0.3) is 0 Å². The lowest BCUT2D eigenvalue weighted by Crippen LogP contribution is -2.15. The number of anilines is 2. The molecule has 0 spiro atoms. The zero-order valence-electron chi connectivity index (χ0n) is 10.7. The summed E-state index contributed by atoms with van der Waals surface area (Å²) >= 11 is 0. The molecule has 2 aromatic rings. The van der Waals surface area contributed by atoms with Gasteiger partial charge in [0, 0.05) is 24.7 Å². The van der Waals surface area contributed by atoms with Gasteiger partial charge in [-0.15, -0.1) is 0 Å². The van der Waals surface area contributed by atoms with Gasteiger partial charge >= 0.3 is 6.18 Å². The summed E-state index contributed by atoms with van der Waals surface area (Å²) in [4.78, 5) is 6.90. The van der Waals surface area contributed by atoms with Gasteiger partial charge in [0.1, 0.15) is 11.6 Å². The van der Waals surface area contributed by atoms with E-state index < -0.39 is 12.0 Å². The normalized spacial score (nSPS) is 11.4. The zero-order valence-corrected chi connectivity index (χ0v) is 10.7. The molecule has 8 heteroatoms. The van der Waals surface area contributed by atoms with Crippen LogP contribution in [0.3, 0.4) is 0 Å². The van der Waals surface area contributed by atoms with Crippen LogP contribution in [0.15, 0.2) is 29.1 Å². The molecule has 108 valence electrons. The van der Waals surface area contributed by atoms with Crippen LogP contribution in [0.4, 0.5) is 24.8 Å². The minimum atomic E-state index is -4.59. The standard InChI is InChI=1S/C12H13F3N4O/c1-2-16-9-5-10(17-6-8-3-4-20-7-8)19-11(18-9)12(13,14)15/h3-5,7H,2,6H2,1H3,(H2,16,17,18,19). The van der Waals surface area contributed by atoms with E-state index in [1.165, 1.54) is 18.6 Å². The highest BCUT2D eigenvalue weighted by Gasteiger charge is 2.35. The van der Waals surface area contributed by atoms with Gasteiger partial charge in [0.15, 0.2) is 0 Å². The van der Waals surface area contributed by atoms with Gasteiger partial charge in [0.2, 0.25) is 5.82 Å². The van der Waals surface area contributed by atoms with Gasteiger partial charge in [-0.3, -0.25) is 0 Å². The van der Waals surface area contributed by atoms with Crippen molar-refractivity contribution in [2.45, 2.75) is 19.6 Å². The fraction of sp³-hybridized carbons (Fsp3) is 0.333. The van der Waals surface area contributed by atoms with Crippen molar-refractivity contribution in [3.8, 4) is 0 Å². The van der Waals surface area contributed by atoms with Crippen molar-refractivity contribution in [3.05, 3.63) is 36.0 Å². The number of nitrogens with zero attached hydrogens (tertiary/aromatic N) is 2. The Morgan fingerprint density at radius 2 is 1.90 bits per heavy atom. The third kappa shape index (κ3) is 3.62. The molecule has 2 aromatic heterocycles. The van der Waals surface area contributed by atoms with E-state index in [0.29, 0.717) is 13.1 Å². The van der Waals surface area contributed by atoms with E-state index in [2.05, 4.69) is 20.6 Å². The summed E-state index contributed by atoms with van der Waals surface area (Å²) in [5.74, 6) is -0.945. The summed E-state index contributed by atoms with van der Waals surface area (Å²) in [7, 11) is 0. The number of aromatic nitrogens is 2. The van der Waals surface area contributed by atoms with Crippen LogP contribution in [0, 0.1) is 0 Å². The summed E-state index contributed by atoms with van der Waals surface area (Å²) in [5.41, 5.74) is 0.808. The Labute approximate surface area is 113 Å². The second kappa shape index (κ2) is 5.81. The lowest BCUT2D eigenvalue weighted by molar-refractivity contribution is -0.144. The van der Waals surface area contributed by atoms with Crippen LogP contribution >= 0.6 is 0 Å². The molecule has 0 bridgehead atoms. The predicted molar refractivity (Wildman–Crippen MR) is 67.2 cm³/mol. The van der Waals surface area contributed by atoms with Crippen LogP contribution < -0.4 is 10.6 Å². The van der Waals surface area contributed by atoms with Gasteiger partial charge in [-0.1, -0.05) is 0 Å². The van der Waals surface area contributed by atoms with Crippen molar-refractivity contribution in [2.75, 3.05) is 17.2 Å². The van der Waals surface area contributed by atoms with Crippen LogP contribution in [0.2, 0.25) is 0 Å². The fourth-order valence-electron chi connectivity index (χ4n) is 1.52. The number of hydrogen-bond acceptors (Lipinski definition) is 5. The van der Waals surface area contributed by atoms with Crippen LogP contribution in [0.5, 0.6) is 0 Å². The Kier molecular flexibility index (Phi) is 4.11. The summed E-state index contributed by atoms with van der Waals surface area (Å²) < 4.78 is 43.0. The van der Waals surface area contributed by atoms with Crippen molar-refractivity contribution >= 4 is 11.6 Å². The minimum absolute atomic E-state index is 0.101. The first-order valence-electron chi connectivity index (χ1n) is 5.94. The highest BCUT2D eigenvalue weighted by molar-refractivity contribution is 5.48. The minimum Gasteiger partial charge on any atom is -0.472 e. The Balaban J connectivity index is 2.20. The number of hydrogen-bond donors (Lipinski definition) is 2. The maximum absolute atomic E-state index is 12.7. The summed E-state index contributed by atoms with van der Waals surface area (Å²) in [6, 6.07) is 3.14. The molecule has 2 N–H and O–H groups in total. The average molecular weight is 286 g/mol. The third-order valence-electron chi connectivity index (χ3n) is 2.39. The van der Waals surface area contributed by atoms with E-state index in [1.54, 1.807) is 13.0 Å². The topological polar surface area (TPSA) is 63.0 Å². The molecular weight excluding hydrogens is 273 g/mol. The highest BCUT2D eigenvalue weighted by Crippen LogP contribution is 2.28. The predicted octanol–water partition coefficient (Wildman–Crippen LogP) is 3.13. The van der Waals surface area contributed by atoms with Gasteiger partial charge in [-0.05, 0) is 13.0 Å². The molecule has 5 nitrogen and oxygen atoms in total. The van der Waals surface area contributed by atoms with Gasteiger partial charge in [0.05, 0.1) is 12.5 Å². The summed E-state index contributed by atoms with van der Waals surface area (Å²) in [5, 5.41) is 5.55. The molecule has 0 aromatic carbocycles. The first-order chi connectivity index (χ1) is 9.49. The molecule has 0 unspecified atom stereocenters. The maximum atomic E-state index is 12.7. The molecule has 0 radical (unpaired) electrons. The van der Waals surface area contributed by atoms with Crippen LogP contribution in [-0.4, -0.2) is 16.5 Å². The molecule has 2 rings (SSSR count). The van der Waals surface area contributed by atoms with Gasteiger partial charge in [-0.25, -0.2) is 9.97 Å².